The Kier molecular flexibility index (Phi) is 4.83. The Morgan fingerprint density at radius 1 is 1.05 bits per heavy atom. The van der Waals surface area contributed by atoms with Gasteiger partial charge in [0.05, 0.1) is 7.11 Å². The summed E-state index contributed by atoms with van der Waals surface area (Å²) < 4.78 is 5.14. The lowest BCUT2D eigenvalue weighted by Gasteiger charge is -2.14. The molecule has 2 nitrogen and oxygen atoms in total. The fourth-order valence-electron chi connectivity index (χ4n) is 1.88. The van der Waals surface area contributed by atoms with Crippen LogP contribution in [0, 0.1) is 0 Å². The van der Waals surface area contributed by atoms with E-state index in [1.807, 2.05) is 36.4 Å². The number of rotatable bonds is 5. The number of methoxy groups -OCH3 is 1. The van der Waals surface area contributed by atoms with Gasteiger partial charge in [0.2, 0.25) is 0 Å². The Morgan fingerprint density at radius 2 is 1.68 bits per heavy atom. The average molecular weight is 276 g/mol. The SMILES string of the molecule is COc1ccc(CN[C@H](C)c2ccc(Cl)cc2)cc1. The van der Waals surface area contributed by atoms with E-state index in [1.165, 1.54) is 11.1 Å². The highest BCUT2D eigenvalue weighted by atomic mass is 35.5. The normalized spacial score (nSPS) is 12.2. The molecule has 1 atom stereocenters. The Bertz CT molecular complexity index is 507. The second kappa shape index (κ2) is 6.60. The second-order valence-corrected chi connectivity index (χ2v) is 4.94. The lowest BCUT2D eigenvalue weighted by Crippen LogP contribution is -2.17. The van der Waals surface area contributed by atoms with Crippen LogP contribution in [0.4, 0.5) is 0 Å². The smallest absolute Gasteiger partial charge is 0.118 e. The van der Waals surface area contributed by atoms with Gasteiger partial charge in [-0.2, -0.15) is 0 Å². The van der Waals surface area contributed by atoms with E-state index in [2.05, 4.69) is 24.4 Å². The van der Waals surface area contributed by atoms with E-state index in [1.54, 1.807) is 7.11 Å². The fourth-order valence-corrected chi connectivity index (χ4v) is 2.01. The molecule has 0 bridgehead atoms. The van der Waals surface area contributed by atoms with Crippen molar-refractivity contribution in [3.8, 4) is 5.75 Å². The van der Waals surface area contributed by atoms with Crippen LogP contribution in [-0.2, 0) is 6.54 Å². The predicted molar refractivity (Wildman–Crippen MR) is 79.7 cm³/mol. The summed E-state index contributed by atoms with van der Waals surface area (Å²) in [6, 6.07) is 16.3. The van der Waals surface area contributed by atoms with Crippen molar-refractivity contribution < 1.29 is 4.74 Å². The largest absolute Gasteiger partial charge is 0.497 e. The summed E-state index contributed by atoms with van der Waals surface area (Å²) >= 11 is 5.89. The minimum Gasteiger partial charge on any atom is -0.497 e. The molecule has 0 aliphatic rings. The van der Waals surface area contributed by atoms with E-state index in [-0.39, 0.29) is 0 Å². The molecule has 3 heteroatoms. The summed E-state index contributed by atoms with van der Waals surface area (Å²) in [6.45, 7) is 2.97. The van der Waals surface area contributed by atoms with Crippen molar-refractivity contribution in [1.29, 1.82) is 0 Å². The van der Waals surface area contributed by atoms with Gasteiger partial charge in [-0.05, 0) is 42.3 Å². The summed E-state index contributed by atoms with van der Waals surface area (Å²) in [5.41, 5.74) is 2.47. The molecule has 0 heterocycles. The molecule has 0 fully saturated rings. The molecule has 0 aromatic heterocycles. The standard InChI is InChI=1S/C16H18ClNO/c1-12(14-5-7-15(17)8-6-14)18-11-13-3-9-16(19-2)10-4-13/h3-10,12,18H,11H2,1-2H3/t12-/m1/s1. The lowest BCUT2D eigenvalue weighted by molar-refractivity contribution is 0.414. The van der Waals surface area contributed by atoms with Crippen LogP contribution in [0.1, 0.15) is 24.1 Å². The molecule has 0 aliphatic heterocycles. The molecule has 2 rings (SSSR count). The van der Waals surface area contributed by atoms with E-state index in [4.69, 9.17) is 16.3 Å². The third-order valence-corrected chi connectivity index (χ3v) is 3.39. The van der Waals surface area contributed by atoms with Crippen molar-refractivity contribution >= 4 is 11.6 Å². The molecule has 2 aromatic carbocycles. The molecule has 0 unspecified atom stereocenters. The third kappa shape index (κ3) is 3.98. The summed E-state index contributed by atoms with van der Waals surface area (Å²) in [6.07, 6.45) is 0. The van der Waals surface area contributed by atoms with Gasteiger partial charge in [0.25, 0.3) is 0 Å². The van der Waals surface area contributed by atoms with Gasteiger partial charge in [-0.3, -0.25) is 0 Å². The minimum atomic E-state index is 0.291. The van der Waals surface area contributed by atoms with Crippen LogP contribution in [0.15, 0.2) is 48.5 Å². The molecule has 19 heavy (non-hydrogen) atoms. The number of hydrogen-bond donors (Lipinski definition) is 1. The van der Waals surface area contributed by atoms with Crippen molar-refractivity contribution in [2.45, 2.75) is 19.5 Å². The first-order chi connectivity index (χ1) is 9.19. The van der Waals surface area contributed by atoms with Gasteiger partial charge >= 0.3 is 0 Å². The minimum absolute atomic E-state index is 0.291. The average Bonchev–Trinajstić information content (AvgIpc) is 2.46. The molecule has 100 valence electrons. The lowest BCUT2D eigenvalue weighted by atomic mass is 10.1. The summed E-state index contributed by atoms with van der Waals surface area (Å²) in [5.74, 6) is 0.884. The fraction of sp³-hybridized carbons (Fsp3) is 0.250. The van der Waals surface area contributed by atoms with E-state index < -0.39 is 0 Å². The molecule has 2 aromatic rings. The van der Waals surface area contributed by atoms with Crippen LogP contribution in [0.25, 0.3) is 0 Å². The maximum atomic E-state index is 5.89. The Morgan fingerprint density at radius 3 is 2.26 bits per heavy atom. The summed E-state index contributed by atoms with van der Waals surface area (Å²) in [7, 11) is 1.68. The molecule has 0 saturated carbocycles. The summed E-state index contributed by atoms with van der Waals surface area (Å²) in [5, 5.41) is 4.26. The second-order valence-electron chi connectivity index (χ2n) is 4.50. The van der Waals surface area contributed by atoms with Gasteiger partial charge in [-0.1, -0.05) is 35.9 Å². The zero-order valence-corrected chi connectivity index (χ0v) is 11.9. The molecule has 1 N–H and O–H groups in total. The first-order valence-electron chi connectivity index (χ1n) is 6.31. The van der Waals surface area contributed by atoms with Crippen molar-refractivity contribution in [3.63, 3.8) is 0 Å². The van der Waals surface area contributed by atoms with Crippen LogP contribution < -0.4 is 10.1 Å². The van der Waals surface area contributed by atoms with E-state index in [0.29, 0.717) is 6.04 Å². The number of nitrogens with one attached hydrogen (secondary N) is 1. The molecule has 0 spiro atoms. The number of hydrogen-bond acceptors (Lipinski definition) is 2. The van der Waals surface area contributed by atoms with Crippen LogP contribution in [0.2, 0.25) is 5.02 Å². The zero-order valence-electron chi connectivity index (χ0n) is 11.2. The van der Waals surface area contributed by atoms with Crippen molar-refractivity contribution in [2.75, 3.05) is 7.11 Å². The highest BCUT2D eigenvalue weighted by molar-refractivity contribution is 6.30. The number of benzene rings is 2. The quantitative estimate of drug-likeness (QED) is 0.883. The number of ether oxygens (including phenoxy) is 1. The Balaban J connectivity index is 1.92. The van der Waals surface area contributed by atoms with Crippen LogP contribution in [0.5, 0.6) is 5.75 Å². The van der Waals surface area contributed by atoms with Crippen LogP contribution in [0.3, 0.4) is 0 Å². The predicted octanol–water partition coefficient (Wildman–Crippen LogP) is 4.20. The van der Waals surface area contributed by atoms with E-state index >= 15 is 0 Å². The summed E-state index contributed by atoms with van der Waals surface area (Å²) in [4.78, 5) is 0. The maximum Gasteiger partial charge on any atom is 0.118 e. The first kappa shape index (κ1) is 13.9. The number of halogens is 1. The zero-order chi connectivity index (χ0) is 13.7. The monoisotopic (exact) mass is 275 g/mol. The highest BCUT2D eigenvalue weighted by Crippen LogP contribution is 2.17. The molecule has 0 amide bonds. The van der Waals surface area contributed by atoms with Gasteiger partial charge in [0.1, 0.15) is 5.75 Å². The van der Waals surface area contributed by atoms with E-state index in [0.717, 1.165) is 17.3 Å². The molecular weight excluding hydrogens is 258 g/mol. The van der Waals surface area contributed by atoms with Gasteiger partial charge in [0, 0.05) is 17.6 Å². The highest BCUT2D eigenvalue weighted by Gasteiger charge is 2.04. The molecule has 0 aliphatic carbocycles. The van der Waals surface area contributed by atoms with Crippen LogP contribution >= 0.6 is 11.6 Å². The van der Waals surface area contributed by atoms with Crippen molar-refractivity contribution in [3.05, 3.63) is 64.7 Å². The molecule has 0 saturated heterocycles. The third-order valence-electron chi connectivity index (χ3n) is 3.14. The molecule has 0 radical (unpaired) electrons. The Labute approximate surface area is 119 Å². The van der Waals surface area contributed by atoms with Crippen LogP contribution in [-0.4, -0.2) is 7.11 Å². The van der Waals surface area contributed by atoms with Gasteiger partial charge < -0.3 is 10.1 Å². The van der Waals surface area contributed by atoms with Crippen molar-refractivity contribution in [1.82, 2.24) is 5.32 Å². The maximum absolute atomic E-state index is 5.89. The van der Waals surface area contributed by atoms with Crippen molar-refractivity contribution in [2.24, 2.45) is 0 Å². The van der Waals surface area contributed by atoms with E-state index in [9.17, 15) is 0 Å². The van der Waals surface area contributed by atoms with Gasteiger partial charge in [-0.25, -0.2) is 0 Å². The topological polar surface area (TPSA) is 21.3 Å². The first-order valence-corrected chi connectivity index (χ1v) is 6.68. The van der Waals surface area contributed by atoms with Gasteiger partial charge in [0.15, 0.2) is 0 Å². The Hall–Kier alpha value is -1.51. The molecular formula is C16H18ClNO. The van der Waals surface area contributed by atoms with Gasteiger partial charge in [-0.15, -0.1) is 0 Å².